The van der Waals surface area contributed by atoms with Crippen LogP contribution in [-0.2, 0) is 4.79 Å². The van der Waals surface area contributed by atoms with Crippen LogP contribution in [0.1, 0.15) is 30.9 Å². The van der Waals surface area contributed by atoms with Gasteiger partial charge < -0.3 is 5.11 Å². The van der Waals surface area contributed by atoms with Gasteiger partial charge in [0.05, 0.1) is 0 Å². The van der Waals surface area contributed by atoms with Crippen molar-refractivity contribution >= 4 is 11.5 Å². The number of aryl methyl sites for hydroxylation is 1. The zero-order valence-electron chi connectivity index (χ0n) is 9.16. The molecule has 15 heavy (non-hydrogen) atoms. The van der Waals surface area contributed by atoms with Gasteiger partial charge in [0.25, 0.3) is 0 Å². The molecular formula is C13H16O2. The Labute approximate surface area is 90.3 Å². The molecule has 0 amide bonds. The van der Waals surface area contributed by atoms with E-state index >= 15 is 0 Å². The Balaban J connectivity index is 2.63. The topological polar surface area (TPSA) is 37.3 Å². The van der Waals surface area contributed by atoms with Crippen LogP contribution in [0.25, 0.3) is 5.57 Å². The SMILES string of the molecule is C/C(=C\CCC(=O)O)c1ccc(C)cc1. The molecule has 2 heteroatoms. The van der Waals surface area contributed by atoms with E-state index < -0.39 is 5.97 Å². The average molecular weight is 204 g/mol. The minimum Gasteiger partial charge on any atom is -0.481 e. The molecule has 0 spiro atoms. The predicted octanol–water partition coefficient (Wildman–Crippen LogP) is 3.26. The average Bonchev–Trinajstić information content (AvgIpc) is 2.18. The molecule has 0 aromatic heterocycles. The van der Waals surface area contributed by atoms with Crippen molar-refractivity contribution in [3.8, 4) is 0 Å². The standard InChI is InChI=1S/C13H16O2/c1-10-6-8-12(9-7-10)11(2)4-3-5-13(14)15/h4,6-9H,3,5H2,1-2H3,(H,14,15)/b11-4+. The van der Waals surface area contributed by atoms with Crippen LogP contribution in [0.2, 0.25) is 0 Å². The third kappa shape index (κ3) is 3.98. The Morgan fingerprint density at radius 3 is 2.47 bits per heavy atom. The lowest BCUT2D eigenvalue weighted by Crippen LogP contribution is -1.92. The number of carboxylic acids is 1. The van der Waals surface area contributed by atoms with E-state index in [0.29, 0.717) is 6.42 Å². The highest BCUT2D eigenvalue weighted by Gasteiger charge is 1.97. The van der Waals surface area contributed by atoms with Crippen LogP contribution >= 0.6 is 0 Å². The second-order valence-corrected chi connectivity index (χ2v) is 3.69. The first-order chi connectivity index (χ1) is 7.09. The van der Waals surface area contributed by atoms with Gasteiger partial charge in [-0.25, -0.2) is 0 Å². The van der Waals surface area contributed by atoms with Gasteiger partial charge in [-0.2, -0.15) is 0 Å². The highest BCUT2D eigenvalue weighted by atomic mass is 16.4. The minimum atomic E-state index is -0.747. The summed E-state index contributed by atoms with van der Waals surface area (Å²) in [5, 5.41) is 8.50. The summed E-state index contributed by atoms with van der Waals surface area (Å²) in [4.78, 5) is 10.3. The Bertz CT molecular complexity index is 361. The van der Waals surface area contributed by atoms with Crippen molar-refractivity contribution in [3.63, 3.8) is 0 Å². The van der Waals surface area contributed by atoms with Crippen LogP contribution in [0.5, 0.6) is 0 Å². The smallest absolute Gasteiger partial charge is 0.303 e. The van der Waals surface area contributed by atoms with Crippen LogP contribution in [0.4, 0.5) is 0 Å². The first-order valence-corrected chi connectivity index (χ1v) is 5.05. The number of rotatable bonds is 4. The summed E-state index contributed by atoms with van der Waals surface area (Å²) >= 11 is 0. The van der Waals surface area contributed by atoms with E-state index in [9.17, 15) is 4.79 Å². The molecule has 0 unspecified atom stereocenters. The van der Waals surface area contributed by atoms with Gasteiger partial charge in [0, 0.05) is 6.42 Å². The maximum atomic E-state index is 10.3. The molecule has 0 aliphatic carbocycles. The van der Waals surface area contributed by atoms with Crippen LogP contribution in [0, 0.1) is 6.92 Å². The summed E-state index contributed by atoms with van der Waals surface area (Å²) < 4.78 is 0. The van der Waals surface area contributed by atoms with Crippen molar-refractivity contribution < 1.29 is 9.90 Å². The van der Waals surface area contributed by atoms with Gasteiger partial charge >= 0.3 is 5.97 Å². The number of carbonyl (C=O) groups is 1. The zero-order chi connectivity index (χ0) is 11.3. The molecule has 0 radical (unpaired) electrons. The van der Waals surface area contributed by atoms with E-state index in [1.165, 1.54) is 5.56 Å². The molecule has 0 aliphatic rings. The summed E-state index contributed by atoms with van der Waals surface area (Å²) in [7, 11) is 0. The maximum absolute atomic E-state index is 10.3. The van der Waals surface area contributed by atoms with E-state index in [0.717, 1.165) is 11.1 Å². The Morgan fingerprint density at radius 1 is 1.33 bits per heavy atom. The number of aliphatic carboxylic acids is 1. The molecule has 0 saturated heterocycles. The monoisotopic (exact) mass is 204 g/mol. The number of allylic oxidation sites excluding steroid dienone is 2. The first-order valence-electron chi connectivity index (χ1n) is 5.05. The Morgan fingerprint density at radius 2 is 1.93 bits per heavy atom. The Kier molecular flexibility index (Phi) is 4.10. The van der Waals surface area contributed by atoms with Gasteiger partial charge in [-0.3, -0.25) is 4.79 Å². The molecule has 0 saturated carbocycles. The van der Waals surface area contributed by atoms with Gasteiger partial charge in [0.2, 0.25) is 0 Å². The van der Waals surface area contributed by atoms with Crippen LogP contribution < -0.4 is 0 Å². The van der Waals surface area contributed by atoms with Gasteiger partial charge in [-0.1, -0.05) is 35.9 Å². The third-order valence-electron chi connectivity index (χ3n) is 2.32. The number of carboxylic acid groups (broad SMARTS) is 1. The molecule has 1 rings (SSSR count). The fourth-order valence-electron chi connectivity index (χ4n) is 1.35. The largest absolute Gasteiger partial charge is 0.481 e. The minimum absolute atomic E-state index is 0.198. The lowest BCUT2D eigenvalue weighted by molar-refractivity contribution is -0.136. The van der Waals surface area contributed by atoms with Crippen molar-refractivity contribution in [2.75, 3.05) is 0 Å². The molecule has 0 fully saturated rings. The summed E-state index contributed by atoms with van der Waals surface area (Å²) in [6.07, 6.45) is 2.76. The van der Waals surface area contributed by atoms with Gasteiger partial charge in [-0.15, -0.1) is 0 Å². The van der Waals surface area contributed by atoms with Crippen LogP contribution in [0.3, 0.4) is 0 Å². The number of hydrogen-bond donors (Lipinski definition) is 1. The highest BCUT2D eigenvalue weighted by molar-refractivity contribution is 5.68. The summed E-state index contributed by atoms with van der Waals surface area (Å²) in [6.45, 7) is 4.06. The summed E-state index contributed by atoms with van der Waals surface area (Å²) in [5.74, 6) is -0.747. The van der Waals surface area contributed by atoms with Gasteiger partial charge in [0.1, 0.15) is 0 Å². The van der Waals surface area contributed by atoms with Crippen molar-refractivity contribution in [1.82, 2.24) is 0 Å². The fraction of sp³-hybridized carbons (Fsp3) is 0.308. The van der Waals surface area contributed by atoms with E-state index in [2.05, 4.69) is 24.3 Å². The fourth-order valence-corrected chi connectivity index (χ4v) is 1.35. The van der Waals surface area contributed by atoms with E-state index in [1.54, 1.807) is 0 Å². The third-order valence-corrected chi connectivity index (χ3v) is 2.32. The molecule has 0 aliphatic heterocycles. The van der Waals surface area contributed by atoms with E-state index in [-0.39, 0.29) is 6.42 Å². The molecule has 2 nitrogen and oxygen atoms in total. The molecule has 0 heterocycles. The Hall–Kier alpha value is -1.57. The molecule has 1 aromatic carbocycles. The van der Waals surface area contributed by atoms with Crippen molar-refractivity contribution in [2.24, 2.45) is 0 Å². The van der Waals surface area contributed by atoms with Crippen LogP contribution in [-0.4, -0.2) is 11.1 Å². The molecular weight excluding hydrogens is 188 g/mol. The predicted molar refractivity (Wildman–Crippen MR) is 61.7 cm³/mol. The van der Waals surface area contributed by atoms with Crippen molar-refractivity contribution in [3.05, 3.63) is 41.5 Å². The van der Waals surface area contributed by atoms with Crippen LogP contribution in [0.15, 0.2) is 30.3 Å². The molecule has 0 bridgehead atoms. The van der Waals surface area contributed by atoms with Gasteiger partial charge in [0.15, 0.2) is 0 Å². The van der Waals surface area contributed by atoms with Crippen molar-refractivity contribution in [2.45, 2.75) is 26.7 Å². The van der Waals surface area contributed by atoms with E-state index in [1.807, 2.05) is 19.9 Å². The number of benzene rings is 1. The molecule has 0 atom stereocenters. The second kappa shape index (κ2) is 5.35. The highest BCUT2D eigenvalue weighted by Crippen LogP contribution is 2.15. The van der Waals surface area contributed by atoms with Gasteiger partial charge in [-0.05, 0) is 31.4 Å². The lowest BCUT2D eigenvalue weighted by Gasteiger charge is -2.01. The number of hydrogen-bond acceptors (Lipinski definition) is 1. The maximum Gasteiger partial charge on any atom is 0.303 e. The molecule has 1 aromatic rings. The first kappa shape index (κ1) is 11.5. The van der Waals surface area contributed by atoms with Crippen molar-refractivity contribution in [1.29, 1.82) is 0 Å². The molecule has 80 valence electrons. The normalized spacial score (nSPS) is 11.5. The summed E-state index contributed by atoms with van der Waals surface area (Å²) in [6, 6.07) is 8.23. The second-order valence-electron chi connectivity index (χ2n) is 3.69. The van der Waals surface area contributed by atoms with E-state index in [4.69, 9.17) is 5.11 Å². The quantitative estimate of drug-likeness (QED) is 0.817. The zero-order valence-corrected chi connectivity index (χ0v) is 9.16. The lowest BCUT2D eigenvalue weighted by atomic mass is 10.0. The summed E-state index contributed by atoms with van der Waals surface area (Å²) in [5.41, 5.74) is 3.53. The molecule has 1 N–H and O–H groups in total.